The Hall–Kier alpha value is -1.06. The van der Waals surface area contributed by atoms with Gasteiger partial charge in [0.05, 0.1) is 18.8 Å². The van der Waals surface area contributed by atoms with Crippen LogP contribution in [0.2, 0.25) is 0 Å². The maximum Gasteiger partial charge on any atom is 0.193 e. The zero-order valence-corrected chi connectivity index (χ0v) is 18.6. The number of aliphatic imine (C=N–C) groups is 1. The van der Waals surface area contributed by atoms with E-state index in [1.807, 2.05) is 12.1 Å². The highest BCUT2D eigenvalue weighted by molar-refractivity contribution is 14.0. The average Bonchev–Trinajstić information content (AvgIpc) is 3.25. The molecule has 2 rings (SSSR count). The maximum absolute atomic E-state index is 5.56. The first-order valence-corrected chi connectivity index (χ1v) is 9.21. The average molecular weight is 476 g/mol. The van der Waals surface area contributed by atoms with Crippen molar-refractivity contribution in [2.45, 2.75) is 19.4 Å². The molecule has 0 radical (unpaired) electrons. The number of halogens is 1. The van der Waals surface area contributed by atoms with Crippen LogP contribution in [-0.4, -0.2) is 56.5 Å². The molecule has 2 aromatic rings. The van der Waals surface area contributed by atoms with Gasteiger partial charge in [-0.1, -0.05) is 6.07 Å². The molecule has 1 unspecified atom stereocenters. The molecule has 2 heterocycles. The van der Waals surface area contributed by atoms with Gasteiger partial charge in [0, 0.05) is 25.0 Å². The van der Waals surface area contributed by atoms with Crippen molar-refractivity contribution in [3.05, 3.63) is 46.5 Å². The third-order valence-electron chi connectivity index (χ3n) is 3.88. The lowest BCUT2D eigenvalue weighted by atomic mass is 10.2. The van der Waals surface area contributed by atoms with E-state index < -0.39 is 0 Å². The minimum Gasteiger partial charge on any atom is -0.468 e. The molecule has 0 bridgehead atoms. The fourth-order valence-electron chi connectivity index (χ4n) is 2.47. The van der Waals surface area contributed by atoms with Crippen LogP contribution in [0.25, 0.3) is 0 Å². The van der Waals surface area contributed by atoms with Crippen molar-refractivity contribution in [3.63, 3.8) is 0 Å². The Morgan fingerprint density at radius 1 is 1.28 bits per heavy atom. The third kappa shape index (κ3) is 6.99. The Bertz CT molecular complexity index is 599. The Balaban J connectivity index is 0.00000312. The number of thiophene rings is 1. The van der Waals surface area contributed by atoms with Gasteiger partial charge >= 0.3 is 0 Å². The quantitative estimate of drug-likeness (QED) is 0.359. The van der Waals surface area contributed by atoms with Gasteiger partial charge in [-0.15, -0.1) is 35.3 Å². The number of nitrogens with one attached hydrogen (secondary N) is 1. The van der Waals surface area contributed by atoms with Gasteiger partial charge in [-0.25, -0.2) is 0 Å². The van der Waals surface area contributed by atoms with Crippen molar-refractivity contribution in [2.24, 2.45) is 4.99 Å². The Morgan fingerprint density at radius 2 is 2.08 bits per heavy atom. The molecule has 0 aliphatic rings. The number of furan rings is 1. The molecule has 0 aliphatic carbocycles. The molecule has 5 nitrogen and oxygen atoms in total. The normalized spacial score (nSPS) is 12.8. The van der Waals surface area contributed by atoms with E-state index in [4.69, 9.17) is 9.41 Å². The molecule has 0 saturated carbocycles. The van der Waals surface area contributed by atoms with Gasteiger partial charge in [0.15, 0.2) is 5.96 Å². The van der Waals surface area contributed by atoms with Crippen molar-refractivity contribution in [1.82, 2.24) is 15.1 Å². The van der Waals surface area contributed by atoms with Gasteiger partial charge in [0.2, 0.25) is 0 Å². The molecule has 0 amide bonds. The zero-order valence-electron chi connectivity index (χ0n) is 15.4. The van der Waals surface area contributed by atoms with Crippen LogP contribution < -0.4 is 5.32 Å². The van der Waals surface area contributed by atoms with Gasteiger partial charge in [-0.3, -0.25) is 9.89 Å². The third-order valence-corrected chi connectivity index (χ3v) is 4.82. The summed E-state index contributed by atoms with van der Waals surface area (Å²) in [7, 11) is 6.19. The predicted molar refractivity (Wildman–Crippen MR) is 117 cm³/mol. The molecule has 0 fully saturated rings. The molecule has 0 aliphatic heterocycles. The second kappa shape index (κ2) is 11.5. The van der Waals surface area contributed by atoms with Crippen LogP contribution in [0.3, 0.4) is 0 Å². The van der Waals surface area contributed by atoms with Crippen molar-refractivity contribution >= 4 is 41.3 Å². The second-order valence-electron chi connectivity index (χ2n) is 5.94. The summed E-state index contributed by atoms with van der Waals surface area (Å²) in [6.45, 7) is 4.56. The van der Waals surface area contributed by atoms with Crippen LogP contribution in [0.4, 0.5) is 0 Å². The highest BCUT2D eigenvalue weighted by atomic mass is 127. The van der Waals surface area contributed by atoms with Gasteiger partial charge in [0.25, 0.3) is 0 Å². The van der Waals surface area contributed by atoms with Crippen LogP contribution in [0.1, 0.15) is 23.6 Å². The predicted octanol–water partition coefficient (Wildman–Crippen LogP) is 3.70. The first-order valence-electron chi connectivity index (χ1n) is 8.33. The van der Waals surface area contributed by atoms with E-state index >= 15 is 0 Å². The summed E-state index contributed by atoms with van der Waals surface area (Å²) in [6, 6.07) is 8.35. The molecular weight excluding hydrogens is 447 g/mol. The lowest BCUT2D eigenvalue weighted by molar-refractivity contribution is 0.264. The van der Waals surface area contributed by atoms with Gasteiger partial charge in [0.1, 0.15) is 5.76 Å². The number of likely N-dealkylation sites (N-methyl/N-ethyl adjacent to an activating group) is 2. The van der Waals surface area contributed by atoms with Crippen LogP contribution in [-0.2, 0) is 6.42 Å². The molecular formula is C18H29IN4OS. The van der Waals surface area contributed by atoms with Crippen molar-refractivity contribution in [2.75, 3.05) is 40.8 Å². The summed E-state index contributed by atoms with van der Waals surface area (Å²) in [5.41, 5.74) is 0. The summed E-state index contributed by atoms with van der Waals surface area (Å²) < 4.78 is 5.56. The minimum absolute atomic E-state index is 0. The van der Waals surface area contributed by atoms with E-state index in [9.17, 15) is 0 Å². The van der Waals surface area contributed by atoms with E-state index in [2.05, 4.69) is 60.7 Å². The molecule has 0 spiro atoms. The second-order valence-corrected chi connectivity index (χ2v) is 6.97. The number of nitrogens with zero attached hydrogens (tertiary/aromatic N) is 3. The van der Waals surface area contributed by atoms with Gasteiger partial charge in [-0.2, -0.15) is 0 Å². The SMILES string of the molecule is CCNC(=NCC(c1ccco1)N(C)C)N(C)CCc1cccs1.I. The smallest absolute Gasteiger partial charge is 0.193 e. The van der Waals surface area contributed by atoms with E-state index in [-0.39, 0.29) is 30.0 Å². The van der Waals surface area contributed by atoms with Crippen molar-refractivity contribution in [3.8, 4) is 0 Å². The van der Waals surface area contributed by atoms with Gasteiger partial charge < -0.3 is 14.6 Å². The molecule has 0 saturated heterocycles. The summed E-state index contributed by atoms with van der Waals surface area (Å²) >= 11 is 1.80. The Labute approximate surface area is 172 Å². The van der Waals surface area contributed by atoms with Crippen molar-refractivity contribution < 1.29 is 4.42 Å². The highest BCUT2D eigenvalue weighted by Crippen LogP contribution is 2.19. The highest BCUT2D eigenvalue weighted by Gasteiger charge is 2.17. The summed E-state index contributed by atoms with van der Waals surface area (Å²) in [5, 5.41) is 5.51. The van der Waals surface area contributed by atoms with E-state index in [1.165, 1.54) is 4.88 Å². The maximum atomic E-state index is 5.56. The summed E-state index contributed by atoms with van der Waals surface area (Å²) in [4.78, 5) is 10.6. The topological polar surface area (TPSA) is 44.0 Å². The monoisotopic (exact) mass is 476 g/mol. The summed E-state index contributed by atoms with van der Waals surface area (Å²) in [6.07, 6.45) is 2.75. The molecule has 1 atom stereocenters. The fourth-order valence-corrected chi connectivity index (χ4v) is 3.17. The molecule has 7 heteroatoms. The molecule has 0 aromatic carbocycles. The minimum atomic E-state index is 0. The number of rotatable bonds is 8. The fraction of sp³-hybridized carbons (Fsp3) is 0.500. The van der Waals surface area contributed by atoms with Crippen LogP contribution in [0.15, 0.2) is 45.3 Å². The molecule has 140 valence electrons. The molecule has 25 heavy (non-hydrogen) atoms. The van der Waals surface area contributed by atoms with Crippen LogP contribution in [0, 0.1) is 0 Å². The molecule has 2 aromatic heterocycles. The largest absolute Gasteiger partial charge is 0.468 e. The first-order chi connectivity index (χ1) is 11.6. The number of hydrogen-bond donors (Lipinski definition) is 1. The lowest BCUT2D eigenvalue weighted by Crippen LogP contribution is -2.40. The van der Waals surface area contributed by atoms with Gasteiger partial charge in [-0.05, 0) is 51.0 Å². The van der Waals surface area contributed by atoms with E-state index in [1.54, 1.807) is 17.6 Å². The molecule has 1 N–H and O–H groups in total. The summed E-state index contributed by atoms with van der Waals surface area (Å²) in [5.74, 6) is 1.88. The lowest BCUT2D eigenvalue weighted by Gasteiger charge is -2.24. The van der Waals surface area contributed by atoms with Crippen LogP contribution >= 0.6 is 35.3 Å². The number of guanidine groups is 1. The Morgan fingerprint density at radius 3 is 2.64 bits per heavy atom. The zero-order chi connectivity index (χ0) is 17.4. The van der Waals surface area contributed by atoms with Crippen LogP contribution in [0.5, 0.6) is 0 Å². The first kappa shape index (κ1) is 22.0. The van der Waals surface area contributed by atoms with E-state index in [0.717, 1.165) is 31.2 Å². The number of hydrogen-bond acceptors (Lipinski definition) is 4. The Kier molecular flexibility index (Phi) is 10.1. The van der Waals surface area contributed by atoms with Crippen molar-refractivity contribution in [1.29, 1.82) is 0 Å². The standard InChI is InChI=1S/C18H28N4OS.HI/c1-5-19-18(22(4)11-10-15-8-7-13-24-15)20-14-16(21(2)3)17-9-6-12-23-17;/h6-9,12-13,16H,5,10-11,14H2,1-4H3,(H,19,20);1H. The van der Waals surface area contributed by atoms with E-state index in [0.29, 0.717) is 6.54 Å².